The average Bonchev–Trinajstić information content (AvgIpc) is 2.30. The first-order valence-electron chi connectivity index (χ1n) is 5.28. The number of nitrogen functional groups attached to an aromatic ring is 1. The molecule has 0 aliphatic heterocycles. The van der Waals surface area contributed by atoms with E-state index in [4.69, 9.17) is 10.5 Å². The van der Waals surface area contributed by atoms with Crippen LogP contribution in [0.1, 0.15) is 5.56 Å². The number of rotatable bonds is 3. The van der Waals surface area contributed by atoms with Crippen LogP contribution in [0.15, 0.2) is 34.8 Å². The highest BCUT2D eigenvalue weighted by Crippen LogP contribution is 2.30. The lowest BCUT2D eigenvalue weighted by Crippen LogP contribution is -2.02. The van der Waals surface area contributed by atoms with Gasteiger partial charge in [0.05, 0.1) is 4.47 Å². The quantitative estimate of drug-likeness (QED) is 0.862. The molecule has 19 heavy (non-hydrogen) atoms. The van der Waals surface area contributed by atoms with Crippen molar-refractivity contribution in [2.45, 2.75) is 6.61 Å². The van der Waals surface area contributed by atoms with Crippen LogP contribution in [0.4, 0.5) is 18.9 Å². The predicted octanol–water partition coefficient (Wildman–Crippen LogP) is 4.03. The van der Waals surface area contributed by atoms with Crippen LogP contribution in [0.2, 0.25) is 0 Å². The summed E-state index contributed by atoms with van der Waals surface area (Å²) in [5.74, 6) is -2.30. The van der Waals surface area contributed by atoms with Crippen LogP contribution in [0.25, 0.3) is 0 Å². The van der Waals surface area contributed by atoms with Gasteiger partial charge in [0, 0.05) is 17.3 Å². The van der Waals surface area contributed by atoms with E-state index >= 15 is 0 Å². The molecule has 0 aliphatic rings. The van der Waals surface area contributed by atoms with Crippen LogP contribution in [0.3, 0.4) is 0 Å². The van der Waals surface area contributed by atoms with E-state index in [0.29, 0.717) is 6.07 Å². The second-order valence-corrected chi connectivity index (χ2v) is 4.69. The van der Waals surface area contributed by atoms with Crippen LogP contribution >= 0.6 is 15.9 Å². The molecule has 0 heterocycles. The van der Waals surface area contributed by atoms with E-state index in [0.717, 1.165) is 12.1 Å². The summed E-state index contributed by atoms with van der Waals surface area (Å²) in [5.41, 5.74) is 5.92. The third-order valence-electron chi connectivity index (χ3n) is 2.41. The van der Waals surface area contributed by atoms with Gasteiger partial charge in [-0.1, -0.05) is 6.07 Å². The lowest BCUT2D eigenvalue weighted by molar-refractivity contribution is 0.282. The summed E-state index contributed by atoms with van der Waals surface area (Å²) in [6, 6.07) is 5.86. The summed E-state index contributed by atoms with van der Waals surface area (Å²) in [6.45, 7) is -0.187. The zero-order chi connectivity index (χ0) is 14.0. The monoisotopic (exact) mass is 331 g/mol. The van der Waals surface area contributed by atoms with Gasteiger partial charge in [-0.2, -0.15) is 0 Å². The number of hydrogen-bond donors (Lipinski definition) is 1. The Morgan fingerprint density at radius 3 is 2.42 bits per heavy atom. The Morgan fingerprint density at radius 1 is 1.05 bits per heavy atom. The third kappa shape index (κ3) is 3.20. The maximum atomic E-state index is 13.5. The summed E-state index contributed by atoms with van der Waals surface area (Å²) in [7, 11) is 0. The van der Waals surface area contributed by atoms with Crippen LogP contribution in [-0.2, 0) is 6.61 Å². The van der Waals surface area contributed by atoms with Crippen molar-refractivity contribution in [3.8, 4) is 5.75 Å². The van der Waals surface area contributed by atoms with Crippen molar-refractivity contribution in [2.75, 3.05) is 5.73 Å². The first-order valence-corrected chi connectivity index (χ1v) is 6.08. The fourth-order valence-electron chi connectivity index (χ4n) is 1.50. The Morgan fingerprint density at radius 2 is 1.79 bits per heavy atom. The van der Waals surface area contributed by atoms with Gasteiger partial charge in [0.1, 0.15) is 18.2 Å². The van der Waals surface area contributed by atoms with Crippen molar-refractivity contribution in [2.24, 2.45) is 0 Å². The number of hydrogen-bond acceptors (Lipinski definition) is 2. The fraction of sp³-hybridized carbons (Fsp3) is 0.0769. The molecule has 0 saturated heterocycles. The van der Waals surface area contributed by atoms with E-state index in [9.17, 15) is 13.2 Å². The summed E-state index contributed by atoms with van der Waals surface area (Å²) < 4.78 is 45.1. The van der Waals surface area contributed by atoms with E-state index in [1.54, 1.807) is 0 Å². The molecule has 2 aromatic carbocycles. The van der Waals surface area contributed by atoms with Crippen molar-refractivity contribution in [1.29, 1.82) is 0 Å². The minimum absolute atomic E-state index is 0.126. The second-order valence-electron chi connectivity index (χ2n) is 3.84. The first kappa shape index (κ1) is 13.7. The minimum atomic E-state index is -0.859. The highest BCUT2D eigenvalue weighted by Gasteiger charge is 2.12. The smallest absolute Gasteiger partial charge is 0.169 e. The summed E-state index contributed by atoms with van der Waals surface area (Å²) >= 11 is 2.98. The van der Waals surface area contributed by atoms with Crippen molar-refractivity contribution in [3.05, 3.63) is 57.8 Å². The maximum Gasteiger partial charge on any atom is 0.169 e. The molecule has 0 atom stereocenters. The van der Waals surface area contributed by atoms with Gasteiger partial charge in [0.25, 0.3) is 0 Å². The maximum absolute atomic E-state index is 13.5. The molecule has 0 aromatic heterocycles. The molecule has 2 rings (SSSR count). The zero-order valence-electron chi connectivity index (χ0n) is 9.59. The van der Waals surface area contributed by atoms with Gasteiger partial charge < -0.3 is 10.5 Å². The van der Waals surface area contributed by atoms with Gasteiger partial charge in [-0.25, -0.2) is 13.2 Å². The Labute approximate surface area is 116 Å². The average molecular weight is 332 g/mol. The topological polar surface area (TPSA) is 35.2 Å². The van der Waals surface area contributed by atoms with Crippen LogP contribution in [0.5, 0.6) is 5.75 Å². The van der Waals surface area contributed by atoms with Crippen molar-refractivity contribution < 1.29 is 17.9 Å². The summed E-state index contributed by atoms with van der Waals surface area (Å²) in [6.07, 6.45) is 0. The molecule has 0 amide bonds. The van der Waals surface area contributed by atoms with Crippen molar-refractivity contribution in [3.63, 3.8) is 0 Å². The molecule has 0 unspecified atom stereocenters. The molecule has 0 saturated carbocycles. The molecule has 0 aliphatic carbocycles. The highest BCUT2D eigenvalue weighted by molar-refractivity contribution is 9.10. The fourth-order valence-corrected chi connectivity index (χ4v) is 2.02. The molecule has 2 N–H and O–H groups in total. The summed E-state index contributed by atoms with van der Waals surface area (Å²) in [4.78, 5) is 0. The van der Waals surface area contributed by atoms with Gasteiger partial charge in [-0.05, 0) is 34.1 Å². The molecule has 0 bridgehead atoms. The first-order chi connectivity index (χ1) is 8.97. The normalized spacial score (nSPS) is 10.5. The Hall–Kier alpha value is -1.69. The van der Waals surface area contributed by atoms with Crippen molar-refractivity contribution >= 4 is 21.6 Å². The second kappa shape index (κ2) is 5.52. The lowest BCUT2D eigenvalue weighted by atomic mass is 10.2. The lowest BCUT2D eigenvalue weighted by Gasteiger charge is -2.10. The number of nitrogens with two attached hydrogens (primary N) is 1. The van der Waals surface area contributed by atoms with Gasteiger partial charge in [0.15, 0.2) is 11.6 Å². The van der Waals surface area contributed by atoms with E-state index in [2.05, 4.69) is 15.9 Å². The molecule has 0 spiro atoms. The van der Waals surface area contributed by atoms with Gasteiger partial charge in [-0.3, -0.25) is 0 Å². The van der Waals surface area contributed by atoms with E-state index in [1.807, 2.05) is 0 Å². The number of anilines is 1. The largest absolute Gasteiger partial charge is 0.485 e. The number of benzene rings is 2. The Balaban J connectivity index is 2.19. The van der Waals surface area contributed by atoms with Crippen molar-refractivity contribution in [1.82, 2.24) is 0 Å². The SMILES string of the molecule is Nc1ccc(COc2c(F)cc(F)cc2Br)c(F)c1. The standard InChI is InChI=1S/C13H9BrF3NO/c14-10-3-8(15)4-12(17)13(10)19-6-7-1-2-9(18)5-11(7)16/h1-5H,6,18H2. The third-order valence-corrected chi connectivity index (χ3v) is 3.00. The minimum Gasteiger partial charge on any atom is -0.485 e. The number of ether oxygens (including phenoxy) is 1. The van der Waals surface area contributed by atoms with Gasteiger partial charge >= 0.3 is 0 Å². The van der Waals surface area contributed by atoms with Crippen LogP contribution < -0.4 is 10.5 Å². The zero-order valence-corrected chi connectivity index (χ0v) is 11.2. The van der Waals surface area contributed by atoms with Crippen LogP contribution in [0, 0.1) is 17.5 Å². The highest BCUT2D eigenvalue weighted by atomic mass is 79.9. The van der Waals surface area contributed by atoms with E-state index in [-0.39, 0.29) is 28.1 Å². The Kier molecular flexibility index (Phi) is 3.99. The van der Waals surface area contributed by atoms with Gasteiger partial charge in [-0.15, -0.1) is 0 Å². The summed E-state index contributed by atoms with van der Waals surface area (Å²) in [5, 5.41) is 0. The molecule has 0 fully saturated rings. The molecular weight excluding hydrogens is 323 g/mol. The molecule has 100 valence electrons. The molecular formula is C13H9BrF3NO. The van der Waals surface area contributed by atoms with E-state index < -0.39 is 17.5 Å². The molecule has 2 aromatic rings. The molecule has 6 heteroatoms. The van der Waals surface area contributed by atoms with Crippen LogP contribution in [-0.4, -0.2) is 0 Å². The Bertz CT molecular complexity index is 596. The molecule has 0 radical (unpaired) electrons. The molecule has 2 nitrogen and oxygen atoms in total. The van der Waals surface area contributed by atoms with Gasteiger partial charge in [0.2, 0.25) is 0 Å². The number of halogens is 4. The van der Waals surface area contributed by atoms with E-state index in [1.165, 1.54) is 12.1 Å². The predicted molar refractivity (Wildman–Crippen MR) is 69.2 cm³/mol.